The van der Waals surface area contributed by atoms with Gasteiger partial charge in [-0.2, -0.15) is 0 Å². The third-order valence-corrected chi connectivity index (χ3v) is 9.75. The van der Waals surface area contributed by atoms with E-state index in [2.05, 4.69) is 10.6 Å². The fourth-order valence-corrected chi connectivity index (χ4v) is 7.58. The quantitative estimate of drug-likeness (QED) is 0.363. The van der Waals surface area contributed by atoms with Crippen molar-refractivity contribution < 1.29 is 24.2 Å². The molecule has 3 aromatic carbocycles. The van der Waals surface area contributed by atoms with Crippen molar-refractivity contribution in [1.82, 2.24) is 10.2 Å². The molecule has 42 heavy (non-hydrogen) atoms. The molecule has 3 fully saturated rings. The number of likely N-dealkylation sites (tertiary alicyclic amines) is 1. The number of carbonyl (C=O) groups is 3. The van der Waals surface area contributed by atoms with Gasteiger partial charge in [-0.1, -0.05) is 91.3 Å². The fraction of sp³-hybridized carbons (Fsp3) is 0.364. The minimum atomic E-state index is -1.27. The second-order valence-corrected chi connectivity index (χ2v) is 12.1. The van der Waals surface area contributed by atoms with Gasteiger partial charge in [-0.3, -0.25) is 14.4 Å². The Morgan fingerprint density at radius 3 is 2.33 bits per heavy atom. The lowest BCUT2D eigenvalue weighted by Gasteiger charge is -2.37. The highest BCUT2D eigenvalue weighted by molar-refractivity contribution is 6.33. The minimum Gasteiger partial charge on any atom is -0.394 e. The standard InChI is InChI=1S/C33H34ClN3O5/c1-20-17-33-27(26(32(20,2)42-33)29(39)35-18-21-11-5-3-6-12-21)31(41)37(25(19-38)22-13-7-4-8-14-22)28(33)30(40)36-24-16-10-9-15-23(24)34/h3-16,20,25-28,38H,17-19H2,1-2H3,(H,35,39)(H,36,40)/t20?,25-,26-,27+,28?,32+,33?/m1/s1. The van der Waals surface area contributed by atoms with Gasteiger partial charge in [0.1, 0.15) is 11.6 Å². The molecule has 0 aliphatic carbocycles. The van der Waals surface area contributed by atoms with Gasteiger partial charge in [0, 0.05) is 6.54 Å². The van der Waals surface area contributed by atoms with E-state index in [0.717, 1.165) is 5.56 Å². The van der Waals surface area contributed by atoms with Crippen LogP contribution in [-0.4, -0.2) is 51.6 Å². The van der Waals surface area contributed by atoms with Crippen molar-refractivity contribution >= 4 is 35.0 Å². The average molecular weight is 588 g/mol. The number of rotatable bonds is 8. The number of amides is 3. The van der Waals surface area contributed by atoms with Crippen molar-refractivity contribution in [3.05, 3.63) is 101 Å². The highest BCUT2D eigenvalue weighted by Crippen LogP contribution is 2.66. The van der Waals surface area contributed by atoms with Crippen LogP contribution in [0.2, 0.25) is 5.02 Å². The van der Waals surface area contributed by atoms with E-state index in [9.17, 15) is 19.5 Å². The molecule has 8 nitrogen and oxygen atoms in total. The van der Waals surface area contributed by atoms with Gasteiger partial charge >= 0.3 is 0 Å². The van der Waals surface area contributed by atoms with Crippen molar-refractivity contribution in [3.8, 4) is 0 Å². The molecule has 3 aliphatic heterocycles. The van der Waals surface area contributed by atoms with Crippen LogP contribution < -0.4 is 10.6 Å². The Hall–Kier alpha value is -3.72. The molecule has 9 heteroatoms. The van der Waals surface area contributed by atoms with Crippen molar-refractivity contribution in [3.63, 3.8) is 0 Å². The molecular weight excluding hydrogens is 554 g/mol. The molecule has 0 saturated carbocycles. The molecule has 2 bridgehead atoms. The fourth-order valence-electron chi connectivity index (χ4n) is 7.40. The molecule has 0 aromatic heterocycles. The number of nitrogens with zero attached hydrogens (tertiary/aromatic N) is 1. The first-order chi connectivity index (χ1) is 20.2. The van der Waals surface area contributed by atoms with Crippen LogP contribution in [0.5, 0.6) is 0 Å². The Morgan fingerprint density at radius 1 is 1.02 bits per heavy atom. The van der Waals surface area contributed by atoms with Gasteiger partial charge in [0.2, 0.25) is 17.7 Å². The lowest BCUT2D eigenvalue weighted by atomic mass is 9.62. The van der Waals surface area contributed by atoms with Gasteiger partial charge in [0.15, 0.2) is 0 Å². The van der Waals surface area contributed by atoms with Gasteiger partial charge in [0.05, 0.1) is 40.8 Å². The largest absolute Gasteiger partial charge is 0.394 e. The number of nitrogens with one attached hydrogen (secondary N) is 2. The van der Waals surface area contributed by atoms with E-state index in [1.165, 1.54) is 4.90 Å². The molecule has 3 saturated heterocycles. The van der Waals surface area contributed by atoms with Gasteiger partial charge < -0.3 is 25.4 Å². The van der Waals surface area contributed by atoms with E-state index in [4.69, 9.17) is 16.3 Å². The molecule has 3 amide bonds. The predicted molar refractivity (Wildman–Crippen MR) is 158 cm³/mol. The van der Waals surface area contributed by atoms with Crippen LogP contribution in [0.3, 0.4) is 0 Å². The zero-order valence-corrected chi connectivity index (χ0v) is 24.3. The second-order valence-electron chi connectivity index (χ2n) is 11.7. The summed E-state index contributed by atoms with van der Waals surface area (Å²) in [6, 6.07) is 23.6. The first-order valence-corrected chi connectivity index (χ1v) is 14.6. The van der Waals surface area contributed by atoms with E-state index in [1.54, 1.807) is 24.3 Å². The van der Waals surface area contributed by atoms with E-state index in [0.29, 0.717) is 29.2 Å². The van der Waals surface area contributed by atoms with Crippen LogP contribution in [0.25, 0.3) is 0 Å². The smallest absolute Gasteiger partial charge is 0.250 e. The maximum atomic E-state index is 14.6. The molecule has 1 spiro atoms. The summed E-state index contributed by atoms with van der Waals surface area (Å²) in [4.78, 5) is 44.2. The Kier molecular flexibility index (Phi) is 7.33. The molecule has 3 heterocycles. The second kappa shape index (κ2) is 10.8. The van der Waals surface area contributed by atoms with Gasteiger partial charge in [-0.05, 0) is 42.5 Å². The topological polar surface area (TPSA) is 108 Å². The number of halogens is 1. The van der Waals surface area contributed by atoms with Crippen molar-refractivity contribution in [2.45, 2.75) is 50.1 Å². The van der Waals surface area contributed by atoms with Crippen LogP contribution >= 0.6 is 11.6 Å². The van der Waals surface area contributed by atoms with Crippen molar-refractivity contribution in [1.29, 1.82) is 0 Å². The lowest BCUT2D eigenvalue weighted by Crippen LogP contribution is -2.55. The van der Waals surface area contributed by atoms with Crippen molar-refractivity contribution in [2.24, 2.45) is 17.8 Å². The highest BCUT2D eigenvalue weighted by atomic mass is 35.5. The van der Waals surface area contributed by atoms with Crippen LogP contribution in [0.15, 0.2) is 84.9 Å². The van der Waals surface area contributed by atoms with Crippen LogP contribution in [0, 0.1) is 17.8 Å². The van der Waals surface area contributed by atoms with E-state index in [-0.39, 0.29) is 17.7 Å². The minimum absolute atomic E-state index is 0.117. The summed E-state index contributed by atoms with van der Waals surface area (Å²) in [7, 11) is 0. The number of hydrogen-bond donors (Lipinski definition) is 3. The molecule has 7 atom stereocenters. The number of hydrogen-bond acceptors (Lipinski definition) is 5. The summed E-state index contributed by atoms with van der Waals surface area (Å²) in [6.07, 6.45) is 0.409. The first kappa shape index (κ1) is 28.4. The maximum absolute atomic E-state index is 14.6. The SMILES string of the molecule is CC1CC23O[C@]1(C)[C@@H](C(=O)NCc1ccccc1)[C@H]2C(=O)N([C@H](CO)c1ccccc1)C3C(=O)Nc1ccccc1Cl. The highest BCUT2D eigenvalue weighted by Gasteiger charge is 2.80. The first-order valence-electron chi connectivity index (χ1n) is 14.3. The van der Waals surface area contributed by atoms with Crippen LogP contribution in [-0.2, 0) is 25.7 Å². The monoisotopic (exact) mass is 587 g/mol. The summed E-state index contributed by atoms with van der Waals surface area (Å²) in [5, 5.41) is 16.9. The van der Waals surface area contributed by atoms with Crippen LogP contribution in [0.1, 0.15) is 37.4 Å². The van der Waals surface area contributed by atoms with Crippen molar-refractivity contribution in [2.75, 3.05) is 11.9 Å². The Balaban J connectivity index is 1.42. The summed E-state index contributed by atoms with van der Waals surface area (Å²) in [5.74, 6) is -3.00. The molecule has 6 rings (SSSR count). The Bertz CT molecular complexity index is 1500. The lowest BCUT2D eigenvalue weighted by molar-refractivity contribution is -0.149. The number of anilines is 1. The zero-order chi connectivity index (χ0) is 29.6. The van der Waals surface area contributed by atoms with Crippen LogP contribution in [0.4, 0.5) is 5.69 Å². The van der Waals surface area contributed by atoms with Gasteiger partial charge in [-0.25, -0.2) is 0 Å². The van der Waals surface area contributed by atoms with Gasteiger partial charge in [-0.15, -0.1) is 0 Å². The summed E-state index contributed by atoms with van der Waals surface area (Å²) >= 11 is 6.39. The summed E-state index contributed by atoms with van der Waals surface area (Å²) in [5.41, 5.74) is -0.214. The third-order valence-electron chi connectivity index (χ3n) is 9.42. The molecule has 218 valence electrons. The molecule has 3 aromatic rings. The van der Waals surface area contributed by atoms with E-state index < -0.39 is 47.6 Å². The van der Waals surface area contributed by atoms with E-state index in [1.807, 2.05) is 74.5 Å². The number of carbonyl (C=O) groups excluding carboxylic acids is 3. The normalized spacial score (nSPS) is 30.2. The zero-order valence-electron chi connectivity index (χ0n) is 23.5. The molecule has 3 aliphatic rings. The molecular formula is C33H34ClN3O5. The third kappa shape index (κ3) is 4.40. The van der Waals surface area contributed by atoms with E-state index >= 15 is 0 Å². The number of fused-ring (bicyclic) bond motifs is 1. The molecule has 3 unspecified atom stereocenters. The van der Waals surface area contributed by atoms with Gasteiger partial charge in [0.25, 0.3) is 0 Å². The number of aliphatic hydroxyl groups is 1. The molecule has 0 radical (unpaired) electrons. The summed E-state index contributed by atoms with van der Waals surface area (Å²) < 4.78 is 6.80. The number of aliphatic hydroxyl groups excluding tert-OH is 1. The predicted octanol–water partition coefficient (Wildman–Crippen LogP) is 4.34. The molecule has 3 N–H and O–H groups in total. The number of benzene rings is 3. The Labute approximate surface area is 250 Å². The maximum Gasteiger partial charge on any atom is 0.250 e. The summed E-state index contributed by atoms with van der Waals surface area (Å²) in [6.45, 7) is 3.77. The average Bonchev–Trinajstić information content (AvgIpc) is 3.51. The number of para-hydroxylation sites is 1. The number of ether oxygens (including phenoxy) is 1. The Morgan fingerprint density at radius 2 is 1.67 bits per heavy atom.